The summed E-state index contributed by atoms with van der Waals surface area (Å²) < 4.78 is 31.8. The summed E-state index contributed by atoms with van der Waals surface area (Å²) >= 11 is 12.2. The summed E-state index contributed by atoms with van der Waals surface area (Å²) in [6, 6.07) is 4.85. The number of ether oxygens (including phenoxy) is 1. The van der Waals surface area contributed by atoms with Crippen molar-refractivity contribution in [2.75, 3.05) is 26.8 Å². The molecule has 1 atom stereocenters. The van der Waals surface area contributed by atoms with E-state index in [0.29, 0.717) is 48.1 Å². The summed E-state index contributed by atoms with van der Waals surface area (Å²) in [4.78, 5) is 12.3. The molecular formula is C17H24Cl2N2O4S. The van der Waals surface area contributed by atoms with E-state index in [9.17, 15) is 13.2 Å². The van der Waals surface area contributed by atoms with Gasteiger partial charge in [-0.3, -0.25) is 4.79 Å². The quantitative estimate of drug-likeness (QED) is 0.732. The molecule has 1 aromatic carbocycles. The maximum atomic E-state index is 12.7. The highest BCUT2D eigenvalue weighted by molar-refractivity contribution is 7.88. The number of benzene rings is 1. The zero-order valence-corrected chi connectivity index (χ0v) is 17.2. The van der Waals surface area contributed by atoms with Gasteiger partial charge in [-0.1, -0.05) is 29.3 Å². The lowest BCUT2D eigenvalue weighted by atomic mass is 9.97. The molecule has 26 heavy (non-hydrogen) atoms. The van der Waals surface area contributed by atoms with Crippen LogP contribution in [0.3, 0.4) is 0 Å². The molecule has 1 N–H and O–H groups in total. The Labute approximate surface area is 164 Å². The smallest absolute Gasteiger partial charge is 0.223 e. The Hall–Kier alpha value is -0.860. The van der Waals surface area contributed by atoms with Crippen LogP contribution in [0.1, 0.15) is 25.3 Å². The summed E-state index contributed by atoms with van der Waals surface area (Å²) in [5.41, 5.74) is 0.407. The molecule has 1 aliphatic heterocycles. The van der Waals surface area contributed by atoms with Gasteiger partial charge in [0.15, 0.2) is 0 Å². The van der Waals surface area contributed by atoms with Crippen molar-refractivity contribution in [1.82, 2.24) is 9.62 Å². The highest BCUT2D eigenvalue weighted by Gasteiger charge is 2.32. The third-order valence-electron chi connectivity index (χ3n) is 4.41. The first kappa shape index (κ1) is 21.4. The van der Waals surface area contributed by atoms with E-state index in [0.717, 1.165) is 0 Å². The maximum absolute atomic E-state index is 12.7. The van der Waals surface area contributed by atoms with Crippen molar-refractivity contribution in [3.05, 3.63) is 33.8 Å². The summed E-state index contributed by atoms with van der Waals surface area (Å²) in [5.74, 6) is -0.488. The molecule has 0 aromatic heterocycles. The first-order chi connectivity index (χ1) is 12.2. The normalized spacial score (nSPS) is 17.8. The molecule has 1 aromatic rings. The third kappa shape index (κ3) is 5.57. The van der Waals surface area contributed by atoms with Crippen molar-refractivity contribution in [2.45, 2.75) is 31.6 Å². The van der Waals surface area contributed by atoms with Crippen molar-refractivity contribution in [2.24, 2.45) is 5.92 Å². The molecule has 146 valence electrons. The van der Waals surface area contributed by atoms with Gasteiger partial charge in [0.25, 0.3) is 0 Å². The molecule has 0 radical (unpaired) electrons. The predicted molar refractivity (Wildman–Crippen MR) is 103 cm³/mol. The fourth-order valence-corrected chi connectivity index (χ4v) is 5.31. The van der Waals surface area contributed by atoms with Crippen molar-refractivity contribution in [1.29, 1.82) is 0 Å². The summed E-state index contributed by atoms with van der Waals surface area (Å²) in [6.07, 6.45) is 0.974. The van der Waals surface area contributed by atoms with Gasteiger partial charge in [0, 0.05) is 47.8 Å². The maximum Gasteiger partial charge on any atom is 0.223 e. The highest BCUT2D eigenvalue weighted by Crippen LogP contribution is 2.28. The second-order valence-corrected chi connectivity index (χ2v) is 9.28. The number of methoxy groups -OCH3 is 1. The number of amides is 1. The topological polar surface area (TPSA) is 75.7 Å². The summed E-state index contributed by atoms with van der Waals surface area (Å²) in [5, 5.41) is 3.56. The van der Waals surface area contributed by atoms with Gasteiger partial charge in [0.1, 0.15) is 0 Å². The number of halogens is 2. The van der Waals surface area contributed by atoms with Crippen LogP contribution >= 0.6 is 23.2 Å². The van der Waals surface area contributed by atoms with Gasteiger partial charge in [-0.2, -0.15) is 0 Å². The first-order valence-corrected chi connectivity index (χ1v) is 10.8. The van der Waals surface area contributed by atoms with E-state index in [1.807, 2.05) is 6.92 Å². The van der Waals surface area contributed by atoms with Crippen LogP contribution in [-0.2, 0) is 25.3 Å². The van der Waals surface area contributed by atoms with Crippen molar-refractivity contribution in [3.8, 4) is 0 Å². The van der Waals surface area contributed by atoms with Gasteiger partial charge in [0.05, 0.1) is 12.4 Å². The zero-order valence-electron chi connectivity index (χ0n) is 14.9. The van der Waals surface area contributed by atoms with Gasteiger partial charge in [-0.15, -0.1) is 0 Å². The van der Waals surface area contributed by atoms with Crippen LogP contribution in [0.4, 0.5) is 0 Å². The lowest BCUT2D eigenvalue weighted by molar-refractivity contribution is -0.127. The molecule has 1 aliphatic rings. The SMILES string of the molecule is COC[C@@H](C)NC(=O)C1CCN(S(=O)(=O)Cc2c(Cl)cccc2Cl)CC1. The molecule has 1 fully saturated rings. The van der Waals surface area contributed by atoms with E-state index < -0.39 is 10.0 Å². The number of hydrogen-bond donors (Lipinski definition) is 1. The van der Waals surface area contributed by atoms with Crippen LogP contribution in [0.2, 0.25) is 10.0 Å². The average molecular weight is 423 g/mol. The Morgan fingerprint density at radius 2 is 1.88 bits per heavy atom. The molecule has 2 rings (SSSR count). The van der Waals surface area contributed by atoms with Crippen LogP contribution in [0, 0.1) is 5.92 Å². The van der Waals surface area contributed by atoms with Crippen LogP contribution in [-0.4, -0.2) is 51.5 Å². The predicted octanol–water partition coefficient (Wildman–Crippen LogP) is 2.69. The van der Waals surface area contributed by atoms with Crippen molar-refractivity contribution in [3.63, 3.8) is 0 Å². The van der Waals surface area contributed by atoms with Gasteiger partial charge in [-0.25, -0.2) is 12.7 Å². The van der Waals surface area contributed by atoms with E-state index in [4.69, 9.17) is 27.9 Å². The molecule has 0 saturated carbocycles. The number of carbonyl (C=O) groups excluding carboxylic acids is 1. The molecule has 1 saturated heterocycles. The van der Waals surface area contributed by atoms with Crippen LogP contribution in [0.15, 0.2) is 18.2 Å². The summed E-state index contributed by atoms with van der Waals surface area (Å²) in [7, 11) is -1.97. The fourth-order valence-electron chi connectivity index (χ4n) is 2.99. The summed E-state index contributed by atoms with van der Waals surface area (Å²) in [6.45, 7) is 2.92. The van der Waals surface area contributed by atoms with Gasteiger partial charge in [0.2, 0.25) is 15.9 Å². The van der Waals surface area contributed by atoms with Gasteiger partial charge >= 0.3 is 0 Å². The van der Waals surface area contributed by atoms with Crippen molar-refractivity contribution < 1.29 is 17.9 Å². The van der Waals surface area contributed by atoms with Crippen molar-refractivity contribution >= 4 is 39.1 Å². The monoisotopic (exact) mass is 422 g/mol. The van der Waals surface area contributed by atoms with Crippen LogP contribution in [0.25, 0.3) is 0 Å². The Morgan fingerprint density at radius 3 is 2.42 bits per heavy atom. The zero-order chi connectivity index (χ0) is 19.3. The van der Waals surface area contributed by atoms with E-state index in [-0.39, 0.29) is 23.6 Å². The van der Waals surface area contributed by atoms with Crippen LogP contribution in [0.5, 0.6) is 0 Å². The lowest BCUT2D eigenvalue weighted by Gasteiger charge is -2.31. The largest absolute Gasteiger partial charge is 0.383 e. The molecule has 0 bridgehead atoms. The minimum atomic E-state index is -3.55. The Kier molecular flexibility index (Phi) is 7.73. The molecule has 1 heterocycles. The Balaban J connectivity index is 1.95. The molecule has 0 spiro atoms. The number of nitrogens with one attached hydrogen (secondary N) is 1. The number of hydrogen-bond acceptors (Lipinski definition) is 4. The molecular weight excluding hydrogens is 399 g/mol. The standard InChI is InChI=1S/C17H24Cl2N2O4S/c1-12(10-25-2)20-17(22)13-6-8-21(9-7-13)26(23,24)11-14-15(18)4-3-5-16(14)19/h3-5,12-13H,6-11H2,1-2H3,(H,20,22)/t12-/m1/s1. The van der Waals surface area contributed by atoms with Gasteiger partial charge in [-0.05, 0) is 31.9 Å². The van der Waals surface area contributed by atoms with E-state index in [1.165, 1.54) is 4.31 Å². The first-order valence-electron chi connectivity index (χ1n) is 8.44. The van der Waals surface area contributed by atoms with Crippen LogP contribution < -0.4 is 5.32 Å². The highest BCUT2D eigenvalue weighted by atomic mass is 35.5. The second kappa shape index (κ2) is 9.37. The number of nitrogens with zero attached hydrogens (tertiary/aromatic N) is 1. The lowest BCUT2D eigenvalue weighted by Crippen LogP contribution is -2.45. The molecule has 9 heteroatoms. The van der Waals surface area contributed by atoms with E-state index in [2.05, 4.69) is 5.32 Å². The average Bonchev–Trinajstić information content (AvgIpc) is 2.58. The third-order valence-corrected chi connectivity index (χ3v) is 6.93. The molecule has 0 unspecified atom stereocenters. The number of sulfonamides is 1. The Morgan fingerprint density at radius 1 is 1.31 bits per heavy atom. The second-order valence-electron chi connectivity index (χ2n) is 6.49. The minimum absolute atomic E-state index is 0.0549. The Bertz CT molecular complexity index is 714. The number of rotatable bonds is 7. The molecule has 6 nitrogen and oxygen atoms in total. The van der Waals surface area contributed by atoms with Gasteiger partial charge < -0.3 is 10.1 Å². The van der Waals surface area contributed by atoms with E-state index in [1.54, 1.807) is 25.3 Å². The molecule has 0 aliphatic carbocycles. The fraction of sp³-hybridized carbons (Fsp3) is 0.588. The van der Waals surface area contributed by atoms with E-state index >= 15 is 0 Å². The number of carbonyl (C=O) groups is 1. The minimum Gasteiger partial charge on any atom is -0.383 e. The molecule has 1 amide bonds. The number of piperidine rings is 1.